The van der Waals surface area contributed by atoms with Crippen LogP contribution in [0.25, 0.3) is 10.9 Å². The molecule has 5 nitrogen and oxygen atoms in total. The van der Waals surface area contributed by atoms with Crippen molar-refractivity contribution in [3.63, 3.8) is 0 Å². The van der Waals surface area contributed by atoms with Crippen molar-refractivity contribution in [3.8, 4) is 0 Å². The first-order valence-electron chi connectivity index (χ1n) is 9.19. The Labute approximate surface area is 167 Å². The molecule has 1 aliphatic rings. The van der Waals surface area contributed by atoms with Gasteiger partial charge in [-0.1, -0.05) is 17.7 Å². The number of aryl methyl sites for hydroxylation is 1. The summed E-state index contributed by atoms with van der Waals surface area (Å²) in [5.41, 5.74) is 2.13. The van der Waals surface area contributed by atoms with E-state index in [1.807, 2.05) is 25.1 Å². The van der Waals surface area contributed by atoms with Gasteiger partial charge in [0.1, 0.15) is 11.3 Å². The van der Waals surface area contributed by atoms with Gasteiger partial charge in [0.05, 0.1) is 10.7 Å². The molecule has 28 heavy (non-hydrogen) atoms. The van der Waals surface area contributed by atoms with E-state index in [1.54, 1.807) is 18.2 Å². The number of fused-ring (bicyclic) bond motifs is 1. The van der Waals surface area contributed by atoms with Crippen molar-refractivity contribution < 1.29 is 9.18 Å². The lowest BCUT2D eigenvalue weighted by Crippen LogP contribution is -2.20. The van der Waals surface area contributed by atoms with Crippen LogP contribution in [0.2, 0.25) is 5.02 Å². The predicted molar refractivity (Wildman–Crippen MR) is 112 cm³/mol. The van der Waals surface area contributed by atoms with Crippen LogP contribution in [-0.4, -0.2) is 24.1 Å². The van der Waals surface area contributed by atoms with Crippen LogP contribution in [0, 0.1) is 12.7 Å². The molecule has 1 aromatic heterocycles. The monoisotopic (exact) mass is 398 g/mol. The third-order valence-corrected chi connectivity index (χ3v) is 5.10. The second kappa shape index (κ2) is 7.64. The van der Waals surface area contributed by atoms with Gasteiger partial charge in [-0.25, -0.2) is 14.2 Å². The molecular weight excluding hydrogens is 379 g/mol. The number of nitrogens with zero attached hydrogens (tertiary/aromatic N) is 2. The average molecular weight is 399 g/mol. The van der Waals surface area contributed by atoms with E-state index >= 15 is 0 Å². The predicted octanol–water partition coefficient (Wildman–Crippen LogP) is 5.58. The Morgan fingerprint density at radius 2 is 1.89 bits per heavy atom. The summed E-state index contributed by atoms with van der Waals surface area (Å²) < 4.78 is 14.6. The maximum atomic E-state index is 14.6. The molecule has 0 atom stereocenters. The first-order valence-corrected chi connectivity index (χ1v) is 9.57. The van der Waals surface area contributed by atoms with Crippen molar-refractivity contribution >= 4 is 45.7 Å². The molecule has 144 valence electrons. The minimum atomic E-state index is -0.494. The molecule has 4 rings (SSSR count). The number of anilines is 3. The van der Waals surface area contributed by atoms with Gasteiger partial charge in [-0.3, -0.25) is 0 Å². The van der Waals surface area contributed by atoms with Crippen LogP contribution in [0.1, 0.15) is 18.4 Å². The zero-order chi connectivity index (χ0) is 19.7. The van der Waals surface area contributed by atoms with Crippen LogP contribution >= 0.6 is 11.6 Å². The highest BCUT2D eigenvalue weighted by Crippen LogP contribution is 2.27. The van der Waals surface area contributed by atoms with E-state index in [0.717, 1.165) is 37.3 Å². The molecule has 1 fully saturated rings. The van der Waals surface area contributed by atoms with Crippen molar-refractivity contribution in [1.29, 1.82) is 0 Å². The van der Waals surface area contributed by atoms with E-state index < -0.39 is 11.8 Å². The maximum absolute atomic E-state index is 14.6. The molecule has 2 N–H and O–H groups in total. The van der Waals surface area contributed by atoms with E-state index in [1.165, 1.54) is 6.07 Å². The lowest BCUT2D eigenvalue weighted by atomic mass is 10.2. The number of carbonyl (C=O) groups excluding carboxylic acids is 1. The Morgan fingerprint density at radius 3 is 2.64 bits per heavy atom. The van der Waals surface area contributed by atoms with Gasteiger partial charge in [0, 0.05) is 24.2 Å². The van der Waals surface area contributed by atoms with Crippen LogP contribution in [0.3, 0.4) is 0 Å². The molecule has 0 spiro atoms. The number of aromatic nitrogens is 1. The van der Waals surface area contributed by atoms with Crippen molar-refractivity contribution in [2.24, 2.45) is 0 Å². The number of urea groups is 1. The number of hydrogen-bond donors (Lipinski definition) is 2. The van der Waals surface area contributed by atoms with Crippen LogP contribution in [0.4, 0.5) is 26.4 Å². The average Bonchev–Trinajstić information content (AvgIpc) is 3.18. The Kier molecular flexibility index (Phi) is 5.05. The molecular formula is C21H20ClFN4O. The van der Waals surface area contributed by atoms with Gasteiger partial charge in [-0.2, -0.15) is 0 Å². The van der Waals surface area contributed by atoms with E-state index in [9.17, 15) is 9.18 Å². The summed E-state index contributed by atoms with van der Waals surface area (Å²) in [6.07, 6.45) is 2.26. The highest BCUT2D eigenvalue weighted by Gasteiger charge is 2.15. The Morgan fingerprint density at radius 1 is 1.11 bits per heavy atom. The lowest BCUT2D eigenvalue weighted by molar-refractivity contribution is 0.262. The SMILES string of the molecule is Cc1ccc(NC(=O)Nc2cc(F)c3nc(N4CCCC4)ccc3c2)c(Cl)c1. The van der Waals surface area contributed by atoms with Crippen molar-refractivity contribution in [3.05, 3.63) is 58.9 Å². The Bertz CT molecular complexity index is 1050. The number of pyridine rings is 1. The van der Waals surface area contributed by atoms with Gasteiger partial charge in [-0.15, -0.1) is 0 Å². The number of nitrogens with one attached hydrogen (secondary N) is 2. The van der Waals surface area contributed by atoms with Crippen molar-refractivity contribution in [2.75, 3.05) is 28.6 Å². The highest BCUT2D eigenvalue weighted by molar-refractivity contribution is 6.33. The van der Waals surface area contributed by atoms with E-state index in [0.29, 0.717) is 27.3 Å². The fourth-order valence-corrected chi connectivity index (χ4v) is 3.66. The topological polar surface area (TPSA) is 57.3 Å². The number of carbonyl (C=O) groups is 1. The minimum Gasteiger partial charge on any atom is -0.357 e. The Hall–Kier alpha value is -2.86. The lowest BCUT2D eigenvalue weighted by Gasteiger charge is -2.17. The minimum absolute atomic E-state index is 0.303. The zero-order valence-electron chi connectivity index (χ0n) is 15.4. The molecule has 2 aromatic carbocycles. The highest BCUT2D eigenvalue weighted by atomic mass is 35.5. The first kappa shape index (κ1) is 18.5. The second-order valence-corrected chi connectivity index (χ2v) is 7.36. The second-order valence-electron chi connectivity index (χ2n) is 6.96. The first-order chi connectivity index (χ1) is 13.5. The third kappa shape index (κ3) is 3.87. The molecule has 0 unspecified atom stereocenters. The molecule has 2 amide bonds. The number of amides is 2. The van der Waals surface area contributed by atoms with Gasteiger partial charge >= 0.3 is 6.03 Å². The van der Waals surface area contributed by atoms with Crippen LogP contribution in [0.15, 0.2) is 42.5 Å². The van der Waals surface area contributed by atoms with Crippen LogP contribution in [-0.2, 0) is 0 Å². The summed E-state index contributed by atoms with van der Waals surface area (Å²) in [4.78, 5) is 18.9. The molecule has 0 radical (unpaired) electrons. The number of benzene rings is 2. The molecule has 3 aromatic rings. The summed E-state index contributed by atoms with van der Waals surface area (Å²) in [7, 11) is 0. The van der Waals surface area contributed by atoms with Gasteiger partial charge in [-0.05, 0) is 61.7 Å². The van der Waals surface area contributed by atoms with Crippen LogP contribution in [0.5, 0.6) is 0 Å². The van der Waals surface area contributed by atoms with Crippen molar-refractivity contribution in [2.45, 2.75) is 19.8 Å². The Balaban J connectivity index is 1.53. The van der Waals surface area contributed by atoms with Crippen molar-refractivity contribution in [1.82, 2.24) is 4.98 Å². The van der Waals surface area contributed by atoms with E-state index in [-0.39, 0.29) is 0 Å². The quantitative estimate of drug-likeness (QED) is 0.605. The van der Waals surface area contributed by atoms with Gasteiger partial charge in [0.15, 0.2) is 5.82 Å². The number of hydrogen-bond acceptors (Lipinski definition) is 3. The number of rotatable bonds is 3. The summed E-state index contributed by atoms with van der Waals surface area (Å²) in [6, 6.07) is 11.5. The maximum Gasteiger partial charge on any atom is 0.323 e. The number of halogens is 2. The normalized spacial score (nSPS) is 13.8. The fraction of sp³-hybridized carbons (Fsp3) is 0.238. The molecule has 0 aliphatic carbocycles. The van der Waals surface area contributed by atoms with Gasteiger partial charge < -0.3 is 15.5 Å². The van der Waals surface area contributed by atoms with Gasteiger partial charge in [0.2, 0.25) is 0 Å². The smallest absolute Gasteiger partial charge is 0.323 e. The van der Waals surface area contributed by atoms with E-state index in [2.05, 4.69) is 20.5 Å². The third-order valence-electron chi connectivity index (χ3n) is 4.79. The summed E-state index contributed by atoms with van der Waals surface area (Å²) in [5.74, 6) is 0.318. The molecule has 7 heteroatoms. The molecule has 1 saturated heterocycles. The summed E-state index contributed by atoms with van der Waals surface area (Å²) >= 11 is 6.13. The van der Waals surface area contributed by atoms with E-state index in [4.69, 9.17) is 11.6 Å². The van der Waals surface area contributed by atoms with Gasteiger partial charge in [0.25, 0.3) is 0 Å². The van der Waals surface area contributed by atoms with Crippen LogP contribution < -0.4 is 15.5 Å². The molecule has 0 saturated carbocycles. The molecule has 0 bridgehead atoms. The summed E-state index contributed by atoms with van der Waals surface area (Å²) in [6.45, 7) is 3.81. The fourth-order valence-electron chi connectivity index (χ4n) is 3.38. The molecule has 2 heterocycles. The largest absolute Gasteiger partial charge is 0.357 e. The molecule has 1 aliphatic heterocycles. The summed E-state index contributed by atoms with van der Waals surface area (Å²) in [5, 5.41) is 6.40. The standard InChI is InChI=1S/C21H20ClFN4O/c1-13-4-6-18(16(22)10-13)25-21(28)24-15-11-14-5-7-19(27-8-2-3-9-27)26-20(14)17(23)12-15/h4-7,10-12H,2-3,8-9H2,1H3,(H2,24,25,28). The zero-order valence-corrected chi connectivity index (χ0v) is 16.2.